The average molecular weight is 231 g/mol. The van der Waals surface area contributed by atoms with Gasteiger partial charge in [0.25, 0.3) is 0 Å². The average Bonchev–Trinajstić information content (AvgIpc) is 2.64. The number of phenolic OH excluding ortho intramolecular Hbond substituents is 1. The number of imidazole rings is 1. The van der Waals surface area contributed by atoms with Crippen molar-refractivity contribution in [3.63, 3.8) is 0 Å². The van der Waals surface area contributed by atoms with E-state index in [9.17, 15) is 9.90 Å². The highest BCUT2D eigenvalue weighted by atomic mass is 16.3. The van der Waals surface area contributed by atoms with E-state index in [0.717, 1.165) is 5.69 Å². The number of nitrogens with zero attached hydrogens (tertiary/aromatic N) is 2. The van der Waals surface area contributed by atoms with Gasteiger partial charge in [-0.3, -0.25) is 4.79 Å². The highest BCUT2D eigenvalue weighted by Crippen LogP contribution is 2.15. The first-order valence-electron chi connectivity index (χ1n) is 5.21. The predicted octanol–water partition coefficient (Wildman–Crippen LogP) is 1.54. The summed E-state index contributed by atoms with van der Waals surface area (Å²) in [6, 6.07) is 6.44. The number of phenols is 1. The first kappa shape index (κ1) is 11.2. The van der Waals surface area contributed by atoms with Crippen molar-refractivity contribution in [2.75, 3.05) is 5.32 Å². The van der Waals surface area contributed by atoms with E-state index >= 15 is 0 Å². The lowest BCUT2D eigenvalue weighted by molar-refractivity contribution is -0.116. The maximum absolute atomic E-state index is 11.7. The molecule has 0 spiro atoms. The molecule has 1 aromatic heterocycles. The Labute approximate surface area is 98.7 Å². The van der Waals surface area contributed by atoms with Crippen LogP contribution < -0.4 is 5.32 Å². The van der Waals surface area contributed by atoms with Crippen LogP contribution in [0.25, 0.3) is 0 Å². The standard InChI is InChI=1S/C12H13N3O2/c1-9-6-13-8-15(9)7-12(17)14-10-3-2-4-11(16)5-10/h2-6,8,16H,7H2,1H3,(H,14,17). The van der Waals surface area contributed by atoms with Crippen molar-refractivity contribution in [2.24, 2.45) is 0 Å². The van der Waals surface area contributed by atoms with E-state index < -0.39 is 0 Å². The second-order valence-corrected chi connectivity index (χ2v) is 3.76. The monoisotopic (exact) mass is 231 g/mol. The molecule has 2 N–H and O–H groups in total. The molecule has 88 valence electrons. The molecule has 2 aromatic rings. The molecule has 0 aliphatic heterocycles. The van der Waals surface area contributed by atoms with Crippen molar-refractivity contribution in [1.82, 2.24) is 9.55 Å². The molecule has 0 unspecified atom stereocenters. The van der Waals surface area contributed by atoms with Crippen LogP contribution in [0.2, 0.25) is 0 Å². The molecule has 0 bridgehead atoms. The van der Waals surface area contributed by atoms with Crippen LogP contribution in [0.5, 0.6) is 5.75 Å². The molecule has 0 fully saturated rings. The zero-order valence-corrected chi connectivity index (χ0v) is 9.42. The van der Waals surface area contributed by atoms with Gasteiger partial charge in [0, 0.05) is 23.6 Å². The number of aryl methyl sites for hydroxylation is 1. The lowest BCUT2D eigenvalue weighted by Crippen LogP contribution is -2.18. The van der Waals surface area contributed by atoms with Crippen LogP contribution in [0, 0.1) is 6.92 Å². The van der Waals surface area contributed by atoms with Gasteiger partial charge in [-0.15, -0.1) is 0 Å². The third-order valence-electron chi connectivity index (χ3n) is 2.36. The van der Waals surface area contributed by atoms with Gasteiger partial charge in [-0.1, -0.05) is 6.07 Å². The summed E-state index contributed by atoms with van der Waals surface area (Å²) in [5, 5.41) is 12.0. The summed E-state index contributed by atoms with van der Waals surface area (Å²) in [6.45, 7) is 2.09. The van der Waals surface area contributed by atoms with E-state index in [1.165, 1.54) is 6.07 Å². The minimum atomic E-state index is -0.156. The Morgan fingerprint density at radius 1 is 1.53 bits per heavy atom. The molecule has 1 aromatic carbocycles. The van der Waals surface area contributed by atoms with Gasteiger partial charge in [0.2, 0.25) is 5.91 Å². The fourth-order valence-corrected chi connectivity index (χ4v) is 1.49. The summed E-state index contributed by atoms with van der Waals surface area (Å²) in [5.74, 6) is -0.0293. The number of benzene rings is 1. The molecule has 1 amide bonds. The Morgan fingerprint density at radius 3 is 3.00 bits per heavy atom. The van der Waals surface area contributed by atoms with E-state index in [2.05, 4.69) is 10.3 Å². The SMILES string of the molecule is Cc1cncn1CC(=O)Nc1cccc(O)c1. The molecule has 0 atom stereocenters. The van der Waals surface area contributed by atoms with Gasteiger partial charge in [0.1, 0.15) is 12.3 Å². The number of nitrogens with one attached hydrogen (secondary N) is 1. The summed E-state index contributed by atoms with van der Waals surface area (Å²) in [5.41, 5.74) is 1.50. The highest BCUT2D eigenvalue weighted by Gasteiger charge is 2.05. The third-order valence-corrected chi connectivity index (χ3v) is 2.36. The molecule has 1 heterocycles. The van der Waals surface area contributed by atoms with Crippen LogP contribution in [0.4, 0.5) is 5.69 Å². The molecule has 5 nitrogen and oxygen atoms in total. The number of carbonyl (C=O) groups excluding carboxylic acids is 1. The highest BCUT2D eigenvalue weighted by molar-refractivity contribution is 5.90. The number of rotatable bonds is 3. The fourth-order valence-electron chi connectivity index (χ4n) is 1.49. The number of hydrogen-bond acceptors (Lipinski definition) is 3. The molecule has 0 radical (unpaired) electrons. The van der Waals surface area contributed by atoms with Crippen molar-refractivity contribution in [3.05, 3.63) is 42.5 Å². The largest absolute Gasteiger partial charge is 0.508 e. The number of anilines is 1. The Balaban J connectivity index is 2.01. The number of amides is 1. The number of aromatic hydroxyl groups is 1. The van der Waals surface area contributed by atoms with Crippen LogP contribution in [0.1, 0.15) is 5.69 Å². The second kappa shape index (κ2) is 4.69. The van der Waals surface area contributed by atoms with Gasteiger partial charge in [-0.2, -0.15) is 0 Å². The summed E-state index contributed by atoms with van der Waals surface area (Å²) < 4.78 is 1.75. The maximum Gasteiger partial charge on any atom is 0.244 e. The third kappa shape index (κ3) is 2.84. The van der Waals surface area contributed by atoms with Crippen molar-refractivity contribution in [1.29, 1.82) is 0 Å². The molecule has 0 aliphatic rings. The smallest absolute Gasteiger partial charge is 0.244 e. The van der Waals surface area contributed by atoms with Crippen LogP contribution in [0.3, 0.4) is 0 Å². The van der Waals surface area contributed by atoms with Crippen molar-refractivity contribution >= 4 is 11.6 Å². The van der Waals surface area contributed by atoms with Crippen LogP contribution in [-0.4, -0.2) is 20.6 Å². The van der Waals surface area contributed by atoms with Crippen LogP contribution in [0.15, 0.2) is 36.8 Å². The normalized spacial score (nSPS) is 10.2. The predicted molar refractivity (Wildman–Crippen MR) is 63.7 cm³/mol. The molecular formula is C12H13N3O2. The summed E-state index contributed by atoms with van der Waals surface area (Å²) >= 11 is 0. The van der Waals surface area contributed by atoms with Crippen molar-refractivity contribution in [2.45, 2.75) is 13.5 Å². The molecular weight excluding hydrogens is 218 g/mol. The summed E-state index contributed by atoms with van der Waals surface area (Å²) in [4.78, 5) is 15.6. The maximum atomic E-state index is 11.7. The molecule has 2 rings (SSSR count). The summed E-state index contributed by atoms with van der Waals surface area (Å²) in [7, 11) is 0. The van der Waals surface area contributed by atoms with Crippen LogP contribution in [-0.2, 0) is 11.3 Å². The van der Waals surface area contributed by atoms with Crippen molar-refractivity contribution < 1.29 is 9.90 Å². The fraction of sp³-hybridized carbons (Fsp3) is 0.167. The second-order valence-electron chi connectivity index (χ2n) is 3.76. The summed E-state index contributed by atoms with van der Waals surface area (Å²) in [6.07, 6.45) is 3.30. The lowest BCUT2D eigenvalue weighted by atomic mass is 10.3. The Bertz CT molecular complexity index is 534. The topological polar surface area (TPSA) is 67.2 Å². The van der Waals surface area contributed by atoms with E-state index in [4.69, 9.17) is 0 Å². The van der Waals surface area contributed by atoms with Gasteiger partial charge in [-0.05, 0) is 19.1 Å². The molecule has 5 heteroatoms. The molecule has 17 heavy (non-hydrogen) atoms. The number of carbonyl (C=O) groups is 1. The van der Waals surface area contributed by atoms with E-state index in [1.807, 2.05) is 6.92 Å². The van der Waals surface area contributed by atoms with Gasteiger partial charge in [-0.25, -0.2) is 4.98 Å². The Hall–Kier alpha value is -2.30. The lowest BCUT2D eigenvalue weighted by Gasteiger charge is -2.07. The number of hydrogen-bond donors (Lipinski definition) is 2. The van der Waals surface area contributed by atoms with E-state index in [0.29, 0.717) is 5.69 Å². The first-order valence-corrected chi connectivity index (χ1v) is 5.21. The van der Waals surface area contributed by atoms with Crippen molar-refractivity contribution in [3.8, 4) is 5.75 Å². The quantitative estimate of drug-likeness (QED) is 0.841. The van der Waals surface area contributed by atoms with Gasteiger partial charge in [0.15, 0.2) is 0 Å². The van der Waals surface area contributed by atoms with Gasteiger partial charge >= 0.3 is 0 Å². The first-order chi connectivity index (χ1) is 8.15. The zero-order chi connectivity index (χ0) is 12.3. The minimum absolute atomic E-state index is 0.126. The Morgan fingerprint density at radius 2 is 2.35 bits per heavy atom. The molecule has 0 aliphatic carbocycles. The van der Waals surface area contributed by atoms with Crippen LogP contribution >= 0.6 is 0 Å². The molecule has 0 saturated carbocycles. The number of aromatic nitrogens is 2. The van der Waals surface area contributed by atoms with E-state index in [-0.39, 0.29) is 18.2 Å². The molecule has 0 saturated heterocycles. The Kier molecular flexibility index (Phi) is 3.09. The van der Waals surface area contributed by atoms with E-state index in [1.54, 1.807) is 35.3 Å². The van der Waals surface area contributed by atoms with Gasteiger partial charge < -0.3 is 15.0 Å². The zero-order valence-electron chi connectivity index (χ0n) is 9.42. The van der Waals surface area contributed by atoms with Gasteiger partial charge in [0.05, 0.1) is 6.33 Å². The minimum Gasteiger partial charge on any atom is -0.508 e.